The van der Waals surface area contributed by atoms with Crippen LogP contribution in [0.25, 0.3) is 0 Å². The van der Waals surface area contributed by atoms with Crippen molar-refractivity contribution in [1.29, 1.82) is 0 Å². The molecular weight excluding hydrogens is 453 g/mol. The van der Waals surface area contributed by atoms with Gasteiger partial charge in [0.05, 0.1) is 11.7 Å². The predicted octanol–water partition coefficient (Wildman–Crippen LogP) is 7.63. The monoisotopic (exact) mass is 496 g/mol. The summed E-state index contributed by atoms with van der Waals surface area (Å²) in [6.45, 7) is 22.7. The van der Waals surface area contributed by atoms with Gasteiger partial charge < -0.3 is 17.7 Å². The summed E-state index contributed by atoms with van der Waals surface area (Å²) in [5, 5.41) is 0. The maximum atomic E-state index is 7.36. The molecule has 2 aliphatic rings. The fraction of sp³-hybridized carbons (Fsp3) is 0.760. The highest BCUT2D eigenvalue weighted by Gasteiger charge is 2.65. The molecule has 2 heterocycles. The third-order valence-electron chi connectivity index (χ3n) is 7.22. The summed E-state index contributed by atoms with van der Waals surface area (Å²) in [5.41, 5.74) is 0.927. The van der Waals surface area contributed by atoms with Gasteiger partial charge in [0.2, 0.25) is 0 Å². The van der Waals surface area contributed by atoms with E-state index in [0.29, 0.717) is 22.2 Å². The van der Waals surface area contributed by atoms with Gasteiger partial charge in [-0.1, -0.05) is 85.4 Å². The van der Waals surface area contributed by atoms with E-state index in [9.17, 15) is 0 Å². The Bertz CT molecular complexity index is 742. The topological polar surface area (TPSA) is 36.9 Å². The molecule has 4 atom stereocenters. The molecule has 1 unspecified atom stereocenters. The molecule has 0 N–H and O–H groups in total. The number of fused-ring (bicyclic) bond motifs is 1. The van der Waals surface area contributed by atoms with Gasteiger partial charge in [-0.25, -0.2) is 0 Å². The molecule has 0 radical (unpaired) electrons. The van der Waals surface area contributed by atoms with Gasteiger partial charge in [0.15, 0.2) is 0 Å². The van der Waals surface area contributed by atoms with Gasteiger partial charge in [0.1, 0.15) is 11.5 Å². The first kappa shape index (κ1) is 26.4. The zero-order chi connectivity index (χ0) is 23.9. The number of hydrogen-bond donors (Lipinski definition) is 0. The quantitative estimate of drug-likeness (QED) is 0.378. The largest absolute Gasteiger partial charge is 0.414 e. The summed E-state index contributed by atoms with van der Waals surface area (Å²) in [7, 11) is -5.20. The molecule has 7 heteroatoms. The number of rotatable bonds is 6. The molecule has 1 aromatic rings. The Kier molecular flexibility index (Phi) is 8.13. The predicted molar refractivity (Wildman–Crippen MR) is 139 cm³/mol. The van der Waals surface area contributed by atoms with Crippen LogP contribution in [-0.2, 0) is 17.7 Å². The summed E-state index contributed by atoms with van der Waals surface area (Å²) < 4.78 is 28.5. The van der Waals surface area contributed by atoms with Gasteiger partial charge in [-0.2, -0.15) is 0 Å². The van der Waals surface area contributed by atoms with Crippen molar-refractivity contribution in [3.63, 3.8) is 0 Å². The lowest BCUT2D eigenvalue weighted by atomic mass is 9.90. The second-order valence-corrected chi connectivity index (χ2v) is 21.0. The van der Waals surface area contributed by atoms with Crippen LogP contribution in [0.3, 0.4) is 0 Å². The molecule has 0 amide bonds. The molecule has 3 rings (SSSR count). The standard InChI is InChI=1S/C25H44O4SSi2/c1-17(2)31(18(3)4)27-24-21(9)26-23(30-22-14-12-11-13-15-22)16-25(24,10)28-32(29-31,19(5)6)20(7)8/h11-15,17-21,23-24H,16H2,1-10H3/t21-,23?,24-,25+/m0/s1. The van der Waals surface area contributed by atoms with E-state index in [1.165, 1.54) is 4.90 Å². The summed E-state index contributed by atoms with van der Waals surface area (Å²) in [5.74, 6) is 0. The summed E-state index contributed by atoms with van der Waals surface area (Å²) in [6.07, 6.45) is 0.602. The Labute approximate surface area is 202 Å². The lowest BCUT2D eigenvalue weighted by molar-refractivity contribution is -0.168. The molecule has 0 saturated carbocycles. The van der Waals surface area contributed by atoms with Crippen molar-refractivity contribution in [2.75, 3.05) is 0 Å². The van der Waals surface area contributed by atoms with Gasteiger partial charge in [0.25, 0.3) is 0 Å². The Balaban J connectivity index is 2.06. The van der Waals surface area contributed by atoms with Gasteiger partial charge in [-0.05, 0) is 48.1 Å². The van der Waals surface area contributed by atoms with Gasteiger partial charge >= 0.3 is 17.1 Å². The Hall–Kier alpha value is -0.156. The zero-order valence-corrected chi connectivity index (χ0v) is 24.5. The van der Waals surface area contributed by atoms with Crippen LogP contribution in [0, 0.1) is 0 Å². The summed E-state index contributed by atoms with van der Waals surface area (Å²) in [6, 6.07) is 10.5. The van der Waals surface area contributed by atoms with Crippen molar-refractivity contribution >= 4 is 28.9 Å². The van der Waals surface area contributed by atoms with Crippen molar-refractivity contribution in [3.05, 3.63) is 30.3 Å². The number of hydrogen-bond acceptors (Lipinski definition) is 5. The molecular formula is C25H44O4SSi2. The van der Waals surface area contributed by atoms with E-state index >= 15 is 0 Å². The van der Waals surface area contributed by atoms with Gasteiger partial charge in [-0.15, -0.1) is 0 Å². The van der Waals surface area contributed by atoms with Gasteiger partial charge in [0, 0.05) is 11.3 Å². The third kappa shape index (κ3) is 4.81. The van der Waals surface area contributed by atoms with Crippen LogP contribution in [0.15, 0.2) is 35.2 Å². The smallest absolute Gasteiger partial charge is 0.335 e. The first-order chi connectivity index (χ1) is 14.9. The molecule has 182 valence electrons. The van der Waals surface area contributed by atoms with Crippen molar-refractivity contribution in [2.45, 2.75) is 126 Å². The van der Waals surface area contributed by atoms with Crippen molar-refractivity contribution in [1.82, 2.24) is 0 Å². The fourth-order valence-corrected chi connectivity index (χ4v) is 18.3. The molecule has 2 aliphatic heterocycles. The van der Waals surface area contributed by atoms with Crippen molar-refractivity contribution in [2.24, 2.45) is 0 Å². The molecule has 4 nitrogen and oxygen atoms in total. The van der Waals surface area contributed by atoms with E-state index in [1.54, 1.807) is 11.8 Å². The van der Waals surface area contributed by atoms with E-state index < -0.39 is 22.7 Å². The van der Waals surface area contributed by atoms with Crippen LogP contribution in [0.5, 0.6) is 0 Å². The Morgan fingerprint density at radius 2 is 1.41 bits per heavy atom. The highest BCUT2D eigenvalue weighted by molar-refractivity contribution is 7.99. The summed E-state index contributed by atoms with van der Waals surface area (Å²) in [4.78, 5) is 1.22. The zero-order valence-electron chi connectivity index (χ0n) is 21.7. The van der Waals surface area contributed by atoms with E-state index in [4.69, 9.17) is 17.7 Å². The third-order valence-corrected chi connectivity index (χ3v) is 18.7. The van der Waals surface area contributed by atoms with E-state index in [0.717, 1.165) is 6.42 Å². The van der Waals surface area contributed by atoms with Crippen LogP contribution in [-0.4, -0.2) is 40.4 Å². The first-order valence-corrected chi connectivity index (χ1v) is 17.1. The molecule has 2 fully saturated rings. The highest BCUT2D eigenvalue weighted by Crippen LogP contribution is 2.53. The summed E-state index contributed by atoms with van der Waals surface area (Å²) >= 11 is 1.79. The van der Waals surface area contributed by atoms with E-state index in [2.05, 4.69) is 99.6 Å². The van der Waals surface area contributed by atoms with Gasteiger partial charge in [-0.3, -0.25) is 0 Å². The van der Waals surface area contributed by atoms with Crippen molar-refractivity contribution < 1.29 is 17.7 Å². The number of ether oxygens (including phenoxy) is 1. The Morgan fingerprint density at radius 1 is 0.875 bits per heavy atom. The molecule has 0 aliphatic carbocycles. The molecule has 1 aromatic carbocycles. The minimum absolute atomic E-state index is 0.0236. The van der Waals surface area contributed by atoms with E-state index in [1.807, 2.05) is 0 Å². The molecule has 2 saturated heterocycles. The minimum atomic E-state index is -2.61. The van der Waals surface area contributed by atoms with Crippen LogP contribution >= 0.6 is 11.8 Å². The normalized spacial score (nSPS) is 32.4. The van der Waals surface area contributed by atoms with Crippen molar-refractivity contribution in [3.8, 4) is 0 Å². The molecule has 0 bridgehead atoms. The number of thioether (sulfide) groups is 1. The lowest BCUT2D eigenvalue weighted by Gasteiger charge is -2.50. The molecule has 32 heavy (non-hydrogen) atoms. The lowest BCUT2D eigenvalue weighted by Crippen LogP contribution is -2.61. The number of benzene rings is 1. The SMILES string of the molecule is CC(C)[Si]1(C(C)C)O[C@H]2[C@H](C)OC(Sc3ccccc3)C[C@@]2(C)O[Si](C(C)C)(C(C)C)O1. The average Bonchev–Trinajstić information content (AvgIpc) is 2.82. The van der Waals surface area contributed by atoms with Crippen LogP contribution in [0.4, 0.5) is 0 Å². The van der Waals surface area contributed by atoms with Crippen LogP contribution in [0.2, 0.25) is 22.2 Å². The van der Waals surface area contributed by atoms with E-state index in [-0.39, 0.29) is 17.6 Å². The molecule has 0 spiro atoms. The second-order valence-electron chi connectivity index (χ2n) is 11.0. The maximum absolute atomic E-state index is 7.36. The Morgan fingerprint density at radius 3 is 1.91 bits per heavy atom. The minimum Gasteiger partial charge on any atom is -0.414 e. The fourth-order valence-electron chi connectivity index (χ4n) is 5.51. The average molecular weight is 497 g/mol. The first-order valence-electron chi connectivity index (χ1n) is 12.3. The second kappa shape index (κ2) is 9.84. The highest BCUT2D eigenvalue weighted by atomic mass is 32.2. The van der Waals surface area contributed by atoms with Crippen LogP contribution < -0.4 is 0 Å². The molecule has 0 aromatic heterocycles. The maximum Gasteiger partial charge on any atom is 0.335 e. The van der Waals surface area contributed by atoms with Crippen LogP contribution in [0.1, 0.15) is 75.7 Å².